The molecule has 6 rings (SSSR count). The van der Waals surface area contributed by atoms with Crippen LogP contribution in [-0.2, 0) is 0 Å². The van der Waals surface area contributed by atoms with Crippen LogP contribution in [0.25, 0.3) is 21.5 Å². The van der Waals surface area contributed by atoms with Gasteiger partial charge < -0.3 is 10.6 Å². The lowest BCUT2D eigenvalue weighted by Gasteiger charge is -2.07. The minimum Gasteiger partial charge on any atom is -0.322 e. The van der Waals surface area contributed by atoms with Gasteiger partial charge in [0, 0.05) is 33.3 Å². The van der Waals surface area contributed by atoms with Crippen LogP contribution in [0.4, 0.5) is 11.4 Å². The van der Waals surface area contributed by atoms with E-state index in [1.54, 1.807) is 36.4 Å². The van der Waals surface area contributed by atoms with Gasteiger partial charge in [-0.1, -0.05) is 53.5 Å². The largest absolute Gasteiger partial charge is 0.322 e. The maximum Gasteiger partial charge on any atom is 0.272 e. The van der Waals surface area contributed by atoms with E-state index in [2.05, 4.69) is 31.0 Å². The number of carbonyl (C=O) groups is 2. The summed E-state index contributed by atoms with van der Waals surface area (Å²) in [5.74, 6) is -0.566. The van der Waals surface area contributed by atoms with Crippen molar-refractivity contribution in [2.24, 2.45) is 0 Å². The molecule has 10 nitrogen and oxygen atoms in total. The molecule has 0 radical (unpaired) electrons. The average Bonchev–Trinajstić information content (AvgIpc) is 3.01. The van der Waals surface area contributed by atoms with Crippen LogP contribution in [0.3, 0.4) is 0 Å². The molecule has 0 atom stereocenters. The molecule has 0 aliphatic carbocycles. The number of anilines is 2. The van der Waals surface area contributed by atoms with Gasteiger partial charge in [-0.05, 0) is 79.6 Å². The molecule has 0 bridgehead atoms. The fraction of sp³-hybridized carbons (Fsp3) is 0.0625. The molecule has 220 valence electrons. The summed E-state index contributed by atoms with van der Waals surface area (Å²) < 4.78 is 0. The van der Waals surface area contributed by atoms with Gasteiger partial charge >= 0.3 is 0 Å². The Labute approximate surface area is 260 Å². The molecule has 0 unspecified atom stereocenters. The number of carbonyl (C=O) groups excluding carboxylic acids is 2. The zero-order valence-corrected chi connectivity index (χ0v) is 24.9. The summed E-state index contributed by atoms with van der Waals surface area (Å²) in [6.07, 6.45) is 0. The van der Waals surface area contributed by atoms with Crippen LogP contribution in [-0.4, -0.2) is 32.2 Å². The Kier molecular flexibility index (Phi) is 8.84. The number of aryl methyl sites for hydroxylation is 2. The van der Waals surface area contributed by atoms with Gasteiger partial charge in [0.25, 0.3) is 22.9 Å². The van der Waals surface area contributed by atoms with Crippen molar-refractivity contribution in [1.29, 1.82) is 0 Å². The lowest BCUT2D eigenvalue weighted by Crippen LogP contribution is -2.14. The smallest absolute Gasteiger partial charge is 0.272 e. The molecule has 0 saturated heterocycles. The van der Waals surface area contributed by atoms with E-state index >= 15 is 0 Å². The summed E-state index contributed by atoms with van der Waals surface area (Å²) in [5.41, 5.74) is 3.56. The Morgan fingerprint density at radius 2 is 1.05 bits per heavy atom. The van der Waals surface area contributed by atoms with E-state index < -0.39 is 0 Å². The summed E-state index contributed by atoms with van der Waals surface area (Å²) >= 11 is 11.9. The number of amides is 2. The molecule has 4 N–H and O–H groups in total. The van der Waals surface area contributed by atoms with Crippen molar-refractivity contribution < 1.29 is 9.59 Å². The number of hydrogen-bond acceptors (Lipinski definition) is 6. The number of fused-ring (bicyclic) bond motifs is 2. The lowest BCUT2D eigenvalue weighted by molar-refractivity contribution is 0.101. The molecule has 0 saturated carbocycles. The van der Waals surface area contributed by atoms with Crippen molar-refractivity contribution in [3.63, 3.8) is 0 Å². The van der Waals surface area contributed by atoms with Gasteiger partial charge in [0.05, 0.1) is 10.8 Å². The fourth-order valence-corrected chi connectivity index (χ4v) is 4.81. The molecule has 2 amide bonds. The quantitative estimate of drug-likeness (QED) is 0.181. The number of nitrogens with one attached hydrogen (secondary N) is 4. The Morgan fingerprint density at radius 1 is 0.591 bits per heavy atom. The number of halogens is 2. The summed E-state index contributed by atoms with van der Waals surface area (Å²) in [6, 6.07) is 24.4. The van der Waals surface area contributed by atoms with Gasteiger partial charge in [0.1, 0.15) is 0 Å². The predicted molar refractivity (Wildman–Crippen MR) is 173 cm³/mol. The Hall–Kier alpha value is -5.32. The van der Waals surface area contributed by atoms with Crippen LogP contribution in [0.15, 0.2) is 94.5 Å². The van der Waals surface area contributed by atoms with Gasteiger partial charge in [0.2, 0.25) is 0 Å². The van der Waals surface area contributed by atoms with E-state index in [9.17, 15) is 19.2 Å². The fourth-order valence-electron chi connectivity index (χ4n) is 4.40. The number of nitrogens with zero attached hydrogens (tertiary/aromatic N) is 2. The standard InChI is InChI=1S/2C16H12ClN3O2/c1-9-3-2-4-11(7-9)18-15(21)10-5-6-12-13(8-10)14(17)19-20-16(12)22;1-9-3-2-4-11(7-9)18-15(21)10-5-6-12-13(8-10)16(22)20-19-14(12)17/h2*2-8H,1H3,(H,18,21)(H,20,22). The van der Waals surface area contributed by atoms with Crippen LogP contribution in [0.2, 0.25) is 10.3 Å². The first-order valence-corrected chi connectivity index (χ1v) is 14.0. The Bertz CT molecular complexity index is 2180. The highest BCUT2D eigenvalue weighted by Gasteiger charge is 2.12. The minimum atomic E-state index is -0.385. The normalized spacial score (nSPS) is 10.6. The predicted octanol–water partition coefficient (Wildman–Crippen LogP) is 6.27. The topological polar surface area (TPSA) is 150 Å². The Morgan fingerprint density at radius 3 is 1.57 bits per heavy atom. The van der Waals surface area contributed by atoms with Crippen LogP contribution in [0.5, 0.6) is 0 Å². The summed E-state index contributed by atoms with van der Waals surface area (Å²) in [5, 5.41) is 19.6. The third kappa shape index (κ3) is 6.83. The molecule has 0 aliphatic heterocycles. The summed E-state index contributed by atoms with van der Waals surface area (Å²) in [7, 11) is 0. The molecule has 2 aromatic heterocycles. The van der Waals surface area contributed by atoms with Crippen LogP contribution in [0, 0.1) is 13.8 Å². The van der Waals surface area contributed by atoms with Crippen LogP contribution >= 0.6 is 23.2 Å². The molecule has 2 heterocycles. The molecule has 0 aliphatic rings. The highest BCUT2D eigenvalue weighted by Crippen LogP contribution is 2.21. The molecule has 6 aromatic rings. The number of aromatic amines is 2. The maximum absolute atomic E-state index is 12.3. The van der Waals surface area contributed by atoms with E-state index in [0.717, 1.165) is 11.1 Å². The highest BCUT2D eigenvalue weighted by atomic mass is 35.5. The third-order valence-corrected chi connectivity index (χ3v) is 7.14. The first-order chi connectivity index (χ1) is 21.1. The molecule has 0 fully saturated rings. The zero-order valence-electron chi connectivity index (χ0n) is 23.4. The number of H-pyrrole nitrogens is 2. The third-order valence-electron chi connectivity index (χ3n) is 6.56. The van der Waals surface area contributed by atoms with E-state index in [-0.39, 0.29) is 33.2 Å². The van der Waals surface area contributed by atoms with Crippen molar-refractivity contribution in [3.8, 4) is 0 Å². The average molecular weight is 627 g/mol. The summed E-state index contributed by atoms with van der Waals surface area (Å²) in [6.45, 7) is 3.89. The van der Waals surface area contributed by atoms with Gasteiger partial charge in [-0.15, -0.1) is 0 Å². The Balaban J connectivity index is 0.000000175. The van der Waals surface area contributed by atoms with Gasteiger partial charge in [-0.3, -0.25) is 19.2 Å². The summed E-state index contributed by atoms with van der Waals surface area (Å²) in [4.78, 5) is 48.1. The highest BCUT2D eigenvalue weighted by molar-refractivity contribution is 6.34. The molecule has 44 heavy (non-hydrogen) atoms. The first kappa shape index (κ1) is 30.1. The monoisotopic (exact) mass is 626 g/mol. The van der Waals surface area contributed by atoms with Crippen LogP contribution in [0.1, 0.15) is 31.8 Å². The van der Waals surface area contributed by atoms with Crippen LogP contribution < -0.4 is 21.8 Å². The molecular formula is C32H24Cl2N6O4. The number of benzene rings is 4. The zero-order chi connectivity index (χ0) is 31.4. The molecule has 4 aromatic carbocycles. The molecule has 12 heteroatoms. The van der Waals surface area contributed by atoms with E-state index in [1.807, 2.05) is 56.3 Å². The molecule has 0 spiro atoms. The van der Waals surface area contributed by atoms with E-state index in [0.29, 0.717) is 44.0 Å². The second-order valence-corrected chi connectivity index (χ2v) is 10.6. The van der Waals surface area contributed by atoms with Gasteiger partial charge in [-0.25, -0.2) is 10.2 Å². The number of rotatable bonds is 4. The van der Waals surface area contributed by atoms with Crippen molar-refractivity contribution in [3.05, 3.63) is 138 Å². The van der Waals surface area contributed by atoms with E-state index in [4.69, 9.17) is 23.2 Å². The SMILES string of the molecule is Cc1cccc(NC(=O)c2ccc3c(=O)[nH]nc(Cl)c3c2)c1.Cc1cccc(NC(=O)c2ccc3c(Cl)n[nH]c(=O)c3c2)c1. The van der Waals surface area contributed by atoms with Gasteiger partial charge in [-0.2, -0.15) is 10.2 Å². The van der Waals surface area contributed by atoms with Gasteiger partial charge in [0.15, 0.2) is 10.3 Å². The molecular weight excluding hydrogens is 603 g/mol. The van der Waals surface area contributed by atoms with Crippen molar-refractivity contribution in [1.82, 2.24) is 20.4 Å². The second kappa shape index (κ2) is 12.9. The second-order valence-electron chi connectivity index (χ2n) is 9.86. The minimum absolute atomic E-state index is 0.153. The first-order valence-electron chi connectivity index (χ1n) is 13.2. The van der Waals surface area contributed by atoms with E-state index in [1.165, 1.54) is 6.07 Å². The lowest BCUT2D eigenvalue weighted by atomic mass is 10.1. The maximum atomic E-state index is 12.3. The number of aromatic nitrogens is 4. The van der Waals surface area contributed by atoms with Crippen molar-refractivity contribution in [2.45, 2.75) is 13.8 Å². The number of hydrogen-bond donors (Lipinski definition) is 4. The van der Waals surface area contributed by atoms with Crippen molar-refractivity contribution >= 4 is 67.9 Å². The van der Waals surface area contributed by atoms with Crippen molar-refractivity contribution in [2.75, 3.05) is 10.6 Å².